The van der Waals surface area contributed by atoms with E-state index in [2.05, 4.69) is 0 Å². The molecule has 24 heavy (non-hydrogen) atoms. The highest BCUT2D eigenvalue weighted by atomic mass is 32.1. The number of rotatable bonds is 5. The summed E-state index contributed by atoms with van der Waals surface area (Å²) < 4.78 is 37.9. The van der Waals surface area contributed by atoms with Gasteiger partial charge in [-0.05, 0) is 43.2 Å². The van der Waals surface area contributed by atoms with E-state index in [9.17, 15) is 13.2 Å². The van der Waals surface area contributed by atoms with E-state index < -0.39 is 11.9 Å². The summed E-state index contributed by atoms with van der Waals surface area (Å²) in [6, 6.07) is 3.98. The third-order valence-electron chi connectivity index (χ3n) is 3.59. The maximum Gasteiger partial charge on any atom is 0.430 e. The van der Waals surface area contributed by atoms with Crippen molar-refractivity contribution in [3.8, 4) is 0 Å². The second-order valence-corrected chi connectivity index (χ2v) is 6.84. The lowest BCUT2D eigenvalue weighted by atomic mass is 10.0. The molecule has 1 aromatic rings. The van der Waals surface area contributed by atoms with Crippen LogP contribution in [0.2, 0.25) is 0 Å². The Hall–Kier alpha value is -2.02. The van der Waals surface area contributed by atoms with Gasteiger partial charge in [-0.1, -0.05) is 13.0 Å². The Labute approximate surface area is 143 Å². The molecule has 0 amide bonds. The summed E-state index contributed by atoms with van der Waals surface area (Å²) in [4.78, 5) is 4.10. The molecule has 7 heteroatoms. The lowest BCUT2D eigenvalue weighted by molar-refractivity contribution is -0.0925. The normalized spacial score (nSPS) is 16.0. The van der Waals surface area contributed by atoms with Gasteiger partial charge in [0.1, 0.15) is 5.70 Å². The number of allylic oxidation sites excluding steroid dienone is 4. The number of aryl methyl sites for hydroxylation is 1. The lowest BCUT2D eigenvalue weighted by Crippen LogP contribution is -2.31. The van der Waals surface area contributed by atoms with Crippen LogP contribution in [-0.4, -0.2) is 29.9 Å². The summed E-state index contributed by atoms with van der Waals surface area (Å²) in [6.07, 6.45) is 0.712. The van der Waals surface area contributed by atoms with Crippen molar-refractivity contribution in [1.29, 1.82) is 5.41 Å². The number of hydrogen-bond acceptors (Lipinski definition) is 4. The molecule has 1 aliphatic rings. The topological polar surface area (TPSA) is 53.1 Å². The Morgan fingerprint density at radius 1 is 1.42 bits per heavy atom. The zero-order valence-electron chi connectivity index (χ0n) is 13.6. The maximum absolute atomic E-state index is 12.6. The summed E-state index contributed by atoms with van der Waals surface area (Å²) in [5.41, 5.74) is 4.98. The van der Waals surface area contributed by atoms with Gasteiger partial charge in [-0.15, -0.1) is 11.3 Å². The van der Waals surface area contributed by atoms with Crippen molar-refractivity contribution in [2.24, 2.45) is 5.73 Å². The molecule has 0 saturated carbocycles. The van der Waals surface area contributed by atoms with Crippen molar-refractivity contribution in [2.75, 3.05) is 13.1 Å². The fourth-order valence-corrected chi connectivity index (χ4v) is 3.29. The highest BCUT2D eigenvalue weighted by Gasteiger charge is 2.32. The van der Waals surface area contributed by atoms with Gasteiger partial charge in [-0.2, -0.15) is 13.2 Å². The van der Waals surface area contributed by atoms with Crippen molar-refractivity contribution < 1.29 is 13.2 Å². The molecule has 0 aromatic carbocycles. The van der Waals surface area contributed by atoms with E-state index in [1.165, 1.54) is 0 Å². The number of halogens is 3. The van der Waals surface area contributed by atoms with Crippen LogP contribution in [0, 0.1) is 12.3 Å². The monoisotopic (exact) mass is 355 g/mol. The SMILES string of the molecule is CCCN1CC=C(c2ccc(C)s2)C=C1C(=N)C=C(N)C(F)(F)F. The largest absolute Gasteiger partial charge is 0.430 e. The summed E-state index contributed by atoms with van der Waals surface area (Å²) in [6.45, 7) is 5.22. The summed E-state index contributed by atoms with van der Waals surface area (Å²) in [5, 5.41) is 8.07. The number of hydrogen-bond donors (Lipinski definition) is 2. The molecule has 0 saturated heterocycles. The zero-order chi connectivity index (χ0) is 17.9. The maximum atomic E-state index is 12.6. The van der Waals surface area contributed by atoms with E-state index in [1.807, 2.05) is 37.0 Å². The first-order chi connectivity index (χ1) is 11.2. The average molecular weight is 355 g/mol. The van der Waals surface area contributed by atoms with Gasteiger partial charge in [-0.3, -0.25) is 5.41 Å². The number of nitrogens with zero attached hydrogens (tertiary/aromatic N) is 1. The summed E-state index contributed by atoms with van der Waals surface area (Å²) in [7, 11) is 0. The van der Waals surface area contributed by atoms with Crippen LogP contribution in [0.15, 0.2) is 41.8 Å². The van der Waals surface area contributed by atoms with E-state index in [1.54, 1.807) is 17.4 Å². The number of nitrogens with two attached hydrogens (primary N) is 1. The molecule has 0 aliphatic carbocycles. The predicted molar refractivity (Wildman–Crippen MR) is 93.0 cm³/mol. The molecule has 3 N–H and O–H groups in total. The minimum absolute atomic E-state index is 0.225. The van der Waals surface area contributed by atoms with Gasteiger partial charge in [0.2, 0.25) is 0 Å². The quantitative estimate of drug-likeness (QED) is 0.766. The first kappa shape index (κ1) is 18.3. The lowest BCUT2D eigenvalue weighted by Gasteiger charge is -2.29. The molecular formula is C17H20F3N3S. The van der Waals surface area contributed by atoms with Crippen LogP contribution < -0.4 is 5.73 Å². The number of thiophene rings is 1. The number of alkyl halides is 3. The Bertz CT molecular complexity index is 711. The van der Waals surface area contributed by atoms with Crippen molar-refractivity contribution >= 4 is 22.6 Å². The molecule has 0 unspecified atom stereocenters. The molecule has 0 atom stereocenters. The molecule has 3 nitrogen and oxygen atoms in total. The van der Waals surface area contributed by atoms with Crippen LogP contribution in [0.4, 0.5) is 13.2 Å². The third kappa shape index (κ3) is 4.29. The Kier molecular flexibility index (Phi) is 5.54. The zero-order valence-corrected chi connectivity index (χ0v) is 14.4. The van der Waals surface area contributed by atoms with Gasteiger partial charge in [0.15, 0.2) is 0 Å². The van der Waals surface area contributed by atoms with Crippen molar-refractivity contribution in [1.82, 2.24) is 4.90 Å². The minimum Gasteiger partial charge on any atom is -0.395 e. The van der Waals surface area contributed by atoms with Crippen molar-refractivity contribution in [3.05, 3.63) is 51.5 Å². The second kappa shape index (κ2) is 7.25. The Morgan fingerprint density at radius 2 is 2.12 bits per heavy atom. The first-order valence-electron chi connectivity index (χ1n) is 7.59. The molecule has 1 aliphatic heterocycles. The van der Waals surface area contributed by atoms with Gasteiger partial charge >= 0.3 is 6.18 Å². The molecule has 130 valence electrons. The standard InChI is InChI=1S/C17H20F3N3S/c1-3-7-23-8-6-12(15-5-4-11(2)24-15)9-14(23)13(21)10-16(22)17(18,19)20/h4-6,9-10,21H,3,7-8,22H2,1-2H3. The molecule has 2 heterocycles. The second-order valence-electron chi connectivity index (χ2n) is 5.56. The van der Waals surface area contributed by atoms with Gasteiger partial charge in [-0.25, -0.2) is 0 Å². The highest BCUT2D eigenvalue weighted by molar-refractivity contribution is 7.13. The van der Waals surface area contributed by atoms with Crippen LogP contribution >= 0.6 is 11.3 Å². The van der Waals surface area contributed by atoms with Gasteiger partial charge < -0.3 is 10.6 Å². The van der Waals surface area contributed by atoms with Crippen molar-refractivity contribution in [3.63, 3.8) is 0 Å². The summed E-state index contributed by atoms with van der Waals surface area (Å²) >= 11 is 1.62. The van der Waals surface area contributed by atoms with E-state index in [4.69, 9.17) is 11.1 Å². The molecule has 0 spiro atoms. The first-order valence-corrected chi connectivity index (χ1v) is 8.41. The van der Waals surface area contributed by atoms with Crippen LogP contribution in [0.1, 0.15) is 23.1 Å². The van der Waals surface area contributed by atoms with Gasteiger partial charge in [0.25, 0.3) is 0 Å². The van der Waals surface area contributed by atoms with E-state index >= 15 is 0 Å². The van der Waals surface area contributed by atoms with E-state index in [0.717, 1.165) is 21.7 Å². The predicted octanol–water partition coefficient (Wildman–Crippen LogP) is 4.47. The Balaban J connectivity index is 2.35. The molecule has 0 bridgehead atoms. The highest BCUT2D eigenvalue weighted by Crippen LogP contribution is 2.30. The van der Waals surface area contributed by atoms with Gasteiger partial charge in [0, 0.05) is 22.8 Å². The smallest absolute Gasteiger partial charge is 0.395 e. The summed E-state index contributed by atoms with van der Waals surface area (Å²) in [5.74, 6) is 0. The molecular weight excluding hydrogens is 335 g/mol. The molecule has 1 aromatic heterocycles. The molecule has 0 radical (unpaired) electrons. The average Bonchev–Trinajstić information content (AvgIpc) is 2.93. The van der Waals surface area contributed by atoms with E-state index in [0.29, 0.717) is 24.9 Å². The van der Waals surface area contributed by atoms with Crippen LogP contribution in [0.25, 0.3) is 5.57 Å². The number of nitrogens with one attached hydrogen (secondary N) is 1. The Morgan fingerprint density at radius 3 is 2.67 bits per heavy atom. The van der Waals surface area contributed by atoms with Crippen LogP contribution in [0.5, 0.6) is 0 Å². The molecule has 0 fully saturated rings. The van der Waals surface area contributed by atoms with Gasteiger partial charge in [0.05, 0.1) is 11.4 Å². The van der Waals surface area contributed by atoms with E-state index in [-0.39, 0.29) is 5.71 Å². The third-order valence-corrected chi connectivity index (χ3v) is 4.64. The van der Waals surface area contributed by atoms with Crippen LogP contribution in [-0.2, 0) is 0 Å². The van der Waals surface area contributed by atoms with Crippen LogP contribution in [0.3, 0.4) is 0 Å². The minimum atomic E-state index is -4.62. The molecule has 2 rings (SSSR count). The van der Waals surface area contributed by atoms with Crippen molar-refractivity contribution in [2.45, 2.75) is 26.4 Å². The fraction of sp³-hybridized carbons (Fsp3) is 0.353. The fourth-order valence-electron chi connectivity index (χ4n) is 2.41.